The zero-order chi connectivity index (χ0) is 18.1. The van der Waals surface area contributed by atoms with E-state index in [-0.39, 0.29) is 12.6 Å². The second-order valence-corrected chi connectivity index (χ2v) is 6.01. The number of hydrogen-bond acceptors (Lipinski definition) is 3. The summed E-state index contributed by atoms with van der Waals surface area (Å²) < 4.78 is 5.16. The third-order valence-corrected chi connectivity index (χ3v) is 4.24. The van der Waals surface area contributed by atoms with Gasteiger partial charge in [-0.15, -0.1) is 0 Å². The minimum atomic E-state index is -0.403. The van der Waals surface area contributed by atoms with E-state index in [4.69, 9.17) is 4.74 Å². The van der Waals surface area contributed by atoms with Crippen molar-refractivity contribution in [2.45, 2.75) is 25.3 Å². The van der Waals surface area contributed by atoms with Gasteiger partial charge < -0.3 is 20.5 Å². The van der Waals surface area contributed by atoms with Gasteiger partial charge in [0, 0.05) is 6.54 Å². The van der Waals surface area contributed by atoms with E-state index in [0.29, 0.717) is 12.5 Å². The van der Waals surface area contributed by atoms with E-state index in [1.807, 2.05) is 54.6 Å². The van der Waals surface area contributed by atoms with Crippen LogP contribution in [0.2, 0.25) is 0 Å². The number of carbonyl (C=O) groups is 1. The maximum Gasteiger partial charge on any atom is 0.315 e. The highest BCUT2D eigenvalue weighted by molar-refractivity contribution is 5.74. The van der Waals surface area contributed by atoms with Gasteiger partial charge >= 0.3 is 6.03 Å². The molecule has 5 heteroatoms. The van der Waals surface area contributed by atoms with Gasteiger partial charge in [-0.05, 0) is 35.6 Å². The van der Waals surface area contributed by atoms with Crippen LogP contribution < -0.4 is 15.4 Å². The monoisotopic (exact) mass is 342 g/mol. The molecule has 0 radical (unpaired) electrons. The van der Waals surface area contributed by atoms with Crippen LogP contribution in [0, 0.1) is 0 Å². The molecule has 134 valence electrons. The third-order valence-electron chi connectivity index (χ3n) is 4.24. The van der Waals surface area contributed by atoms with E-state index < -0.39 is 6.04 Å². The van der Waals surface area contributed by atoms with E-state index in [1.54, 1.807) is 7.11 Å². The smallest absolute Gasteiger partial charge is 0.315 e. The topological polar surface area (TPSA) is 70.6 Å². The second-order valence-electron chi connectivity index (χ2n) is 6.01. The molecular formula is C20H26N2O3. The summed E-state index contributed by atoms with van der Waals surface area (Å²) in [6, 6.07) is 16.7. The van der Waals surface area contributed by atoms with E-state index in [0.717, 1.165) is 17.7 Å². The number of amides is 2. The molecule has 0 saturated carbocycles. The molecule has 2 atom stereocenters. The van der Waals surface area contributed by atoms with Crippen molar-refractivity contribution < 1.29 is 14.6 Å². The first-order chi connectivity index (χ1) is 12.1. The Bertz CT molecular complexity index is 644. The molecule has 0 heterocycles. The van der Waals surface area contributed by atoms with Gasteiger partial charge in [-0.25, -0.2) is 4.79 Å². The highest BCUT2D eigenvalue weighted by Crippen LogP contribution is 2.21. The lowest BCUT2D eigenvalue weighted by molar-refractivity contribution is 0.216. The fourth-order valence-corrected chi connectivity index (χ4v) is 2.63. The van der Waals surface area contributed by atoms with Crippen molar-refractivity contribution in [1.29, 1.82) is 0 Å². The van der Waals surface area contributed by atoms with Crippen molar-refractivity contribution in [2.24, 2.45) is 0 Å². The Balaban J connectivity index is 1.77. The van der Waals surface area contributed by atoms with Gasteiger partial charge in [-0.3, -0.25) is 0 Å². The van der Waals surface area contributed by atoms with Crippen LogP contribution in [0.5, 0.6) is 5.75 Å². The summed E-state index contributed by atoms with van der Waals surface area (Å²) >= 11 is 0. The van der Waals surface area contributed by atoms with Crippen LogP contribution in [-0.2, 0) is 0 Å². The Kier molecular flexibility index (Phi) is 7.29. The molecule has 0 aliphatic heterocycles. The fourth-order valence-electron chi connectivity index (χ4n) is 2.63. The molecule has 5 nitrogen and oxygen atoms in total. The van der Waals surface area contributed by atoms with Gasteiger partial charge in [0.2, 0.25) is 0 Å². The molecule has 0 saturated heterocycles. The van der Waals surface area contributed by atoms with Gasteiger partial charge in [0.05, 0.1) is 19.8 Å². The molecule has 0 aliphatic rings. The Morgan fingerprint density at radius 2 is 1.76 bits per heavy atom. The van der Waals surface area contributed by atoms with Crippen molar-refractivity contribution in [2.75, 3.05) is 20.3 Å². The normalized spacial score (nSPS) is 12.9. The molecule has 0 bridgehead atoms. The quantitative estimate of drug-likeness (QED) is 0.690. The van der Waals surface area contributed by atoms with Crippen LogP contribution in [0.15, 0.2) is 54.6 Å². The van der Waals surface area contributed by atoms with Crippen molar-refractivity contribution in [1.82, 2.24) is 10.6 Å². The molecule has 2 rings (SSSR count). The maximum atomic E-state index is 12.0. The van der Waals surface area contributed by atoms with E-state index >= 15 is 0 Å². The van der Waals surface area contributed by atoms with Gasteiger partial charge in [0.25, 0.3) is 0 Å². The first-order valence-electron chi connectivity index (χ1n) is 8.48. The fraction of sp³-hybridized carbons (Fsp3) is 0.350. The van der Waals surface area contributed by atoms with Crippen molar-refractivity contribution >= 4 is 6.03 Å². The standard InChI is InChI=1S/C20H26N2O3/c1-15(16-8-10-18(25-2)11-9-16)12-13-21-20(24)22-19(14-23)17-6-4-3-5-7-17/h3-11,15,19,23H,12-14H2,1-2H3,(H2,21,22,24)/t15?,19-/m1/s1. The molecule has 0 fully saturated rings. The Hall–Kier alpha value is -2.53. The number of hydrogen-bond donors (Lipinski definition) is 3. The van der Waals surface area contributed by atoms with Crippen LogP contribution in [0.4, 0.5) is 4.79 Å². The molecule has 2 aromatic carbocycles. The third kappa shape index (κ3) is 5.80. The van der Waals surface area contributed by atoms with E-state index in [1.165, 1.54) is 5.56 Å². The largest absolute Gasteiger partial charge is 0.497 e. The molecule has 2 amide bonds. The minimum absolute atomic E-state index is 0.139. The Morgan fingerprint density at radius 3 is 2.36 bits per heavy atom. The number of carbonyl (C=O) groups excluding carboxylic acids is 1. The lowest BCUT2D eigenvalue weighted by atomic mass is 9.98. The van der Waals surface area contributed by atoms with Crippen LogP contribution in [0.25, 0.3) is 0 Å². The first-order valence-corrected chi connectivity index (χ1v) is 8.48. The molecule has 0 aliphatic carbocycles. The van der Waals surface area contributed by atoms with Gasteiger partial charge in [0.15, 0.2) is 0 Å². The predicted molar refractivity (Wildman–Crippen MR) is 98.8 cm³/mol. The predicted octanol–water partition coefficient (Wildman–Crippen LogP) is 3.22. The zero-order valence-corrected chi connectivity index (χ0v) is 14.7. The lowest BCUT2D eigenvalue weighted by Gasteiger charge is -2.18. The van der Waals surface area contributed by atoms with Crippen molar-refractivity contribution in [3.63, 3.8) is 0 Å². The van der Waals surface area contributed by atoms with E-state index in [9.17, 15) is 9.90 Å². The number of methoxy groups -OCH3 is 1. The summed E-state index contributed by atoms with van der Waals surface area (Å²) in [7, 11) is 1.65. The maximum absolute atomic E-state index is 12.0. The number of rotatable bonds is 8. The van der Waals surface area contributed by atoms with Gasteiger partial charge in [-0.2, -0.15) is 0 Å². The van der Waals surface area contributed by atoms with Crippen molar-refractivity contribution in [3.8, 4) is 5.75 Å². The van der Waals surface area contributed by atoms with E-state index in [2.05, 4.69) is 17.6 Å². The summed E-state index contributed by atoms with van der Waals surface area (Å²) in [6.07, 6.45) is 0.828. The average Bonchev–Trinajstić information content (AvgIpc) is 2.66. The number of nitrogens with one attached hydrogen (secondary N) is 2. The number of aliphatic hydroxyl groups is 1. The molecule has 2 aromatic rings. The summed E-state index contributed by atoms with van der Waals surface area (Å²) in [5.74, 6) is 1.17. The number of benzene rings is 2. The lowest BCUT2D eigenvalue weighted by Crippen LogP contribution is -2.39. The second kappa shape index (κ2) is 9.69. The molecule has 25 heavy (non-hydrogen) atoms. The summed E-state index contributed by atoms with van der Waals surface area (Å²) in [5.41, 5.74) is 2.09. The molecule has 3 N–H and O–H groups in total. The SMILES string of the molecule is COc1ccc(C(C)CCNC(=O)N[C@H](CO)c2ccccc2)cc1. The number of ether oxygens (including phenoxy) is 1. The number of urea groups is 1. The summed E-state index contributed by atoms with van der Waals surface area (Å²) in [4.78, 5) is 12.0. The molecule has 1 unspecified atom stereocenters. The minimum Gasteiger partial charge on any atom is -0.497 e. The van der Waals surface area contributed by atoms with Crippen LogP contribution in [-0.4, -0.2) is 31.4 Å². The van der Waals surface area contributed by atoms with Crippen LogP contribution >= 0.6 is 0 Å². The van der Waals surface area contributed by atoms with Crippen LogP contribution in [0.1, 0.15) is 36.4 Å². The first kappa shape index (κ1) is 18.8. The van der Waals surface area contributed by atoms with Gasteiger partial charge in [-0.1, -0.05) is 49.4 Å². The van der Waals surface area contributed by atoms with Gasteiger partial charge in [0.1, 0.15) is 5.75 Å². The average molecular weight is 342 g/mol. The summed E-state index contributed by atoms with van der Waals surface area (Å²) in [5, 5.41) is 15.1. The summed E-state index contributed by atoms with van der Waals surface area (Å²) in [6.45, 7) is 2.55. The molecule has 0 spiro atoms. The Labute approximate surface area is 149 Å². The molecular weight excluding hydrogens is 316 g/mol. The van der Waals surface area contributed by atoms with Crippen molar-refractivity contribution in [3.05, 3.63) is 65.7 Å². The molecule has 0 aromatic heterocycles. The Morgan fingerprint density at radius 1 is 1.08 bits per heavy atom. The number of aliphatic hydroxyl groups excluding tert-OH is 1. The zero-order valence-electron chi connectivity index (χ0n) is 14.7. The highest BCUT2D eigenvalue weighted by Gasteiger charge is 2.13. The van der Waals surface area contributed by atoms with Crippen LogP contribution in [0.3, 0.4) is 0 Å². The highest BCUT2D eigenvalue weighted by atomic mass is 16.5.